The number of benzene rings is 1. The smallest absolute Gasteiger partial charge is 0.219 e. The summed E-state index contributed by atoms with van der Waals surface area (Å²) in [6.45, 7) is 10.7. The van der Waals surface area contributed by atoms with E-state index >= 15 is 0 Å². The van der Waals surface area contributed by atoms with Crippen molar-refractivity contribution in [2.75, 3.05) is 64.4 Å². The highest BCUT2D eigenvalue weighted by molar-refractivity contribution is 5.80. The number of carbonyl (C=O) groups is 1. The predicted molar refractivity (Wildman–Crippen MR) is 113 cm³/mol. The van der Waals surface area contributed by atoms with Gasteiger partial charge in [-0.05, 0) is 31.4 Å². The number of hydrogen-bond donors (Lipinski definition) is 1. The third-order valence-corrected chi connectivity index (χ3v) is 5.57. The number of methoxy groups -OCH3 is 1. The first kappa shape index (κ1) is 20.3. The molecule has 7 heteroatoms. The summed E-state index contributed by atoms with van der Waals surface area (Å²) in [5.74, 6) is 2.60. The van der Waals surface area contributed by atoms with E-state index in [9.17, 15) is 4.79 Å². The molecule has 2 aliphatic heterocycles. The Morgan fingerprint density at radius 2 is 1.89 bits per heavy atom. The molecule has 0 aliphatic carbocycles. The zero-order valence-electron chi connectivity index (χ0n) is 17.4. The average Bonchev–Trinajstić information content (AvgIpc) is 3.20. The Bertz CT molecular complexity index is 685. The van der Waals surface area contributed by atoms with Gasteiger partial charge in [-0.25, -0.2) is 0 Å². The van der Waals surface area contributed by atoms with Gasteiger partial charge in [0.1, 0.15) is 5.75 Å². The molecule has 1 N–H and O–H groups in total. The fourth-order valence-corrected chi connectivity index (χ4v) is 3.97. The number of amides is 1. The summed E-state index contributed by atoms with van der Waals surface area (Å²) >= 11 is 0. The summed E-state index contributed by atoms with van der Waals surface area (Å²) in [7, 11) is 1.73. The Hall–Kier alpha value is -2.44. The van der Waals surface area contributed by atoms with Crippen molar-refractivity contribution in [1.29, 1.82) is 0 Å². The summed E-state index contributed by atoms with van der Waals surface area (Å²) < 4.78 is 5.51. The molecule has 1 aromatic carbocycles. The molecule has 1 unspecified atom stereocenters. The van der Waals surface area contributed by atoms with Gasteiger partial charge in [0.25, 0.3) is 0 Å². The minimum Gasteiger partial charge on any atom is -0.495 e. The van der Waals surface area contributed by atoms with Gasteiger partial charge in [-0.2, -0.15) is 0 Å². The highest BCUT2D eigenvalue weighted by Crippen LogP contribution is 2.32. The fourth-order valence-electron chi connectivity index (χ4n) is 3.97. The zero-order chi connectivity index (χ0) is 19.9. The van der Waals surface area contributed by atoms with E-state index in [0.29, 0.717) is 5.92 Å². The van der Waals surface area contributed by atoms with Crippen LogP contribution in [0, 0.1) is 5.92 Å². The number of anilines is 1. The molecule has 1 amide bonds. The van der Waals surface area contributed by atoms with E-state index < -0.39 is 0 Å². The topological polar surface area (TPSA) is 60.4 Å². The Labute approximate surface area is 168 Å². The minimum atomic E-state index is 0.156. The van der Waals surface area contributed by atoms with Crippen molar-refractivity contribution >= 4 is 17.6 Å². The first-order valence-corrected chi connectivity index (χ1v) is 10.3. The summed E-state index contributed by atoms with van der Waals surface area (Å²) in [6, 6.07) is 8.22. The molecule has 7 nitrogen and oxygen atoms in total. The largest absolute Gasteiger partial charge is 0.495 e. The van der Waals surface area contributed by atoms with E-state index in [1.54, 1.807) is 14.0 Å². The van der Waals surface area contributed by atoms with Gasteiger partial charge in [0, 0.05) is 59.3 Å². The molecule has 154 valence electrons. The van der Waals surface area contributed by atoms with Crippen molar-refractivity contribution in [2.45, 2.75) is 20.3 Å². The van der Waals surface area contributed by atoms with Crippen LogP contribution in [0.3, 0.4) is 0 Å². The summed E-state index contributed by atoms with van der Waals surface area (Å²) in [5, 5.41) is 3.42. The monoisotopic (exact) mass is 387 g/mol. The van der Waals surface area contributed by atoms with Crippen LogP contribution in [0.4, 0.5) is 5.69 Å². The van der Waals surface area contributed by atoms with Gasteiger partial charge >= 0.3 is 0 Å². The highest BCUT2D eigenvalue weighted by Gasteiger charge is 2.25. The number of piperazine rings is 1. The van der Waals surface area contributed by atoms with Crippen LogP contribution in [0.15, 0.2) is 29.3 Å². The van der Waals surface area contributed by atoms with Crippen LogP contribution >= 0.6 is 0 Å². The lowest BCUT2D eigenvalue weighted by molar-refractivity contribution is -0.130. The number of nitrogens with one attached hydrogen (secondary N) is 1. The Kier molecular flexibility index (Phi) is 7.01. The van der Waals surface area contributed by atoms with Crippen molar-refractivity contribution in [3.05, 3.63) is 24.3 Å². The van der Waals surface area contributed by atoms with E-state index in [1.807, 2.05) is 17.0 Å². The van der Waals surface area contributed by atoms with Gasteiger partial charge in [-0.3, -0.25) is 9.79 Å². The van der Waals surface area contributed by atoms with Crippen LogP contribution in [0.25, 0.3) is 0 Å². The van der Waals surface area contributed by atoms with Crippen LogP contribution in [0.2, 0.25) is 0 Å². The van der Waals surface area contributed by atoms with Crippen LogP contribution in [0.1, 0.15) is 20.3 Å². The second-order valence-corrected chi connectivity index (χ2v) is 7.46. The molecule has 0 saturated carbocycles. The highest BCUT2D eigenvalue weighted by atomic mass is 16.5. The number of guanidine groups is 1. The maximum absolute atomic E-state index is 11.5. The summed E-state index contributed by atoms with van der Waals surface area (Å²) in [6.07, 6.45) is 1.14. The number of ether oxygens (including phenoxy) is 1. The fraction of sp³-hybridized carbons (Fsp3) is 0.619. The first-order valence-electron chi connectivity index (χ1n) is 10.3. The number of aliphatic imine (C=N–C) groups is 1. The third kappa shape index (κ3) is 4.88. The van der Waals surface area contributed by atoms with Crippen LogP contribution in [0.5, 0.6) is 5.75 Å². The average molecular weight is 388 g/mol. The Balaban J connectivity index is 1.57. The van der Waals surface area contributed by atoms with Gasteiger partial charge in [-0.15, -0.1) is 0 Å². The van der Waals surface area contributed by atoms with Crippen molar-refractivity contribution in [1.82, 2.24) is 15.1 Å². The van der Waals surface area contributed by atoms with Gasteiger partial charge in [-0.1, -0.05) is 12.1 Å². The van der Waals surface area contributed by atoms with Gasteiger partial charge in [0.05, 0.1) is 12.8 Å². The van der Waals surface area contributed by atoms with Gasteiger partial charge in [0.2, 0.25) is 5.91 Å². The van der Waals surface area contributed by atoms with Gasteiger partial charge < -0.3 is 24.8 Å². The van der Waals surface area contributed by atoms with Crippen LogP contribution in [-0.4, -0.2) is 81.1 Å². The van der Waals surface area contributed by atoms with E-state index in [0.717, 1.165) is 70.5 Å². The molecule has 3 rings (SSSR count). The maximum Gasteiger partial charge on any atom is 0.219 e. The van der Waals surface area contributed by atoms with E-state index in [2.05, 4.69) is 34.2 Å². The molecule has 2 aliphatic rings. The van der Waals surface area contributed by atoms with Crippen LogP contribution in [-0.2, 0) is 4.79 Å². The number of rotatable bonds is 5. The molecule has 1 aromatic rings. The Morgan fingerprint density at radius 1 is 1.18 bits per heavy atom. The van der Waals surface area contributed by atoms with E-state index in [4.69, 9.17) is 9.73 Å². The second-order valence-electron chi connectivity index (χ2n) is 7.46. The van der Waals surface area contributed by atoms with Crippen LogP contribution < -0.4 is 15.0 Å². The van der Waals surface area contributed by atoms with Crippen molar-refractivity contribution in [2.24, 2.45) is 10.9 Å². The SMILES string of the molecule is CCNC(=NCC1CCN(c2ccccc2OC)C1)N1CCN(C(C)=O)CC1. The molecule has 2 saturated heterocycles. The predicted octanol–water partition coefficient (Wildman–Crippen LogP) is 1.65. The molecule has 0 aromatic heterocycles. The maximum atomic E-state index is 11.5. The normalized spacial score (nSPS) is 20.5. The van der Waals surface area contributed by atoms with E-state index in [1.165, 1.54) is 5.69 Å². The molecule has 2 fully saturated rings. The lowest BCUT2D eigenvalue weighted by Crippen LogP contribution is -2.53. The third-order valence-electron chi connectivity index (χ3n) is 5.57. The molecular formula is C21H33N5O2. The molecule has 0 radical (unpaired) electrons. The minimum absolute atomic E-state index is 0.156. The number of para-hydroxylation sites is 2. The number of nitrogens with zero attached hydrogens (tertiary/aromatic N) is 4. The molecule has 0 spiro atoms. The molecular weight excluding hydrogens is 354 g/mol. The molecule has 28 heavy (non-hydrogen) atoms. The van der Waals surface area contributed by atoms with E-state index in [-0.39, 0.29) is 5.91 Å². The second kappa shape index (κ2) is 9.66. The van der Waals surface area contributed by atoms with Gasteiger partial charge in [0.15, 0.2) is 5.96 Å². The number of hydrogen-bond acceptors (Lipinski definition) is 4. The molecule has 1 atom stereocenters. The summed E-state index contributed by atoms with van der Waals surface area (Å²) in [5.41, 5.74) is 1.17. The summed E-state index contributed by atoms with van der Waals surface area (Å²) in [4.78, 5) is 23.1. The zero-order valence-corrected chi connectivity index (χ0v) is 17.4. The van der Waals surface area contributed by atoms with Crippen molar-refractivity contribution in [3.8, 4) is 5.75 Å². The van der Waals surface area contributed by atoms with Crippen molar-refractivity contribution in [3.63, 3.8) is 0 Å². The molecule has 2 heterocycles. The number of carbonyl (C=O) groups excluding carboxylic acids is 1. The van der Waals surface area contributed by atoms with Crippen molar-refractivity contribution < 1.29 is 9.53 Å². The standard InChI is InChI=1S/C21H33N5O2/c1-4-22-21(25-13-11-24(12-14-25)17(2)27)23-15-18-9-10-26(16-18)19-7-5-6-8-20(19)28-3/h5-8,18H,4,9-16H2,1-3H3,(H,22,23). The lowest BCUT2D eigenvalue weighted by atomic mass is 10.1. The molecule has 0 bridgehead atoms. The quantitative estimate of drug-likeness (QED) is 0.615. The lowest BCUT2D eigenvalue weighted by Gasteiger charge is -2.36. The first-order chi connectivity index (χ1) is 13.6. The Morgan fingerprint density at radius 3 is 2.57 bits per heavy atom.